The van der Waals surface area contributed by atoms with Gasteiger partial charge in [0.1, 0.15) is 12.1 Å². The lowest BCUT2D eigenvalue weighted by atomic mass is 10.2. The van der Waals surface area contributed by atoms with Crippen molar-refractivity contribution in [3.05, 3.63) is 50.4 Å². The zero-order valence-electron chi connectivity index (χ0n) is 15.1. The van der Waals surface area contributed by atoms with Crippen LogP contribution < -0.4 is 10.9 Å². The minimum absolute atomic E-state index is 0.278. The number of aromatic amines is 1. The molecule has 0 fully saturated rings. The van der Waals surface area contributed by atoms with Crippen LogP contribution in [0.3, 0.4) is 0 Å². The number of azo groups is 1. The highest BCUT2D eigenvalue weighted by molar-refractivity contribution is 6.42. The highest BCUT2D eigenvalue weighted by Crippen LogP contribution is 2.22. The maximum atomic E-state index is 12.5. The third kappa shape index (κ3) is 4.61. The second kappa shape index (κ2) is 8.68. The van der Waals surface area contributed by atoms with Crippen molar-refractivity contribution >= 4 is 46.0 Å². The number of aromatic nitrogens is 4. The number of nitrogens with zero attached hydrogens (tertiary/aromatic N) is 6. The van der Waals surface area contributed by atoms with Gasteiger partial charge in [0, 0.05) is 6.54 Å². The van der Waals surface area contributed by atoms with E-state index in [0.717, 1.165) is 5.56 Å². The molecule has 12 heteroatoms. The Bertz CT molecular complexity index is 1150. The van der Waals surface area contributed by atoms with Gasteiger partial charge >= 0.3 is 0 Å². The molecule has 1 aromatic carbocycles. The zero-order chi connectivity index (χ0) is 20.2. The Hall–Kier alpha value is -2.82. The van der Waals surface area contributed by atoms with Gasteiger partial charge in [0.05, 0.1) is 29.4 Å². The van der Waals surface area contributed by atoms with E-state index in [2.05, 4.69) is 35.6 Å². The standard InChI is InChI=1S/C17H16Cl2N8O2/c18-11-2-1-10(5-12(11)19)6-20-17-24-13-7-23-27(15(13)16(28)25-17)3-4-29-8-14-21-9-22-26-14/h1-2,5,7H,3-4,6,8-9H2,(H2,20,24,25,28). The summed E-state index contributed by atoms with van der Waals surface area (Å²) in [7, 11) is 0. The van der Waals surface area contributed by atoms with Crippen LogP contribution in [0.1, 0.15) is 5.56 Å². The molecule has 3 heterocycles. The maximum absolute atomic E-state index is 12.5. The molecule has 0 saturated carbocycles. The molecule has 29 heavy (non-hydrogen) atoms. The molecular weight excluding hydrogens is 419 g/mol. The number of aliphatic imine (C=N–C) groups is 1. The van der Waals surface area contributed by atoms with Crippen molar-refractivity contribution in [1.82, 2.24) is 19.7 Å². The first kappa shape index (κ1) is 19.5. The SMILES string of the molecule is O=c1[nH]c(NCc2ccc(Cl)c(Cl)c2)nc2cnn(CCOCC3=NCN=N3)c12. The van der Waals surface area contributed by atoms with Gasteiger partial charge in [-0.1, -0.05) is 29.3 Å². The molecule has 0 spiro atoms. The number of H-pyrrole nitrogens is 1. The van der Waals surface area contributed by atoms with Gasteiger partial charge in [0.2, 0.25) is 5.95 Å². The lowest BCUT2D eigenvalue weighted by molar-refractivity contribution is 0.159. The van der Waals surface area contributed by atoms with Crippen LogP contribution in [0.5, 0.6) is 0 Å². The third-order valence-corrected chi connectivity index (χ3v) is 4.86. The number of anilines is 1. The number of hydrogen-bond acceptors (Lipinski definition) is 8. The topological polar surface area (TPSA) is 122 Å². The van der Waals surface area contributed by atoms with Gasteiger partial charge in [-0.15, -0.1) is 5.11 Å². The van der Waals surface area contributed by atoms with Crippen molar-refractivity contribution in [2.45, 2.75) is 13.1 Å². The van der Waals surface area contributed by atoms with E-state index in [0.29, 0.717) is 59.2 Å². The van der Waals surface area contributed by atoms with Crippen molar-refractivity contribution in [2.24, 2.45) is 15.2 Å². The number of benzene rings is 1. The van der Waals surface area contributed by atoms with Gasteiger partial charge in [0.15, 0.2) is 18.0 Å². The van der Waals surface area contributed by atoms with E-state index in [1.165, 1.54) is 0 Å². The second-order valence-electron chi connectivity index (χ2n) is 6.13. The van der Waals surface area contributed by atoms with E-state index >= 15 is 0 Å². The van der Waals surface area contributed by atoms with Crippen LogP contribution in [0.15, 0.2) is 44.4 Å². The Labute approximate surface area is 174 Å². The molecule has 0 amide bonds. The number of rotatable bonds is 8. The number of nitrogens with one attached hydrogen (secondary N) is 2. The predicted molar refractivity (Wildman–Crippen MR) is 110 cm³/mol. The fraction of sp³-hybridized carbons (Fsp3) is 0.294. The van der Waals surface area contributed by atoms with Crippen molar-refractivity contribution in [3.63, 3.8) is 0 Å². The summed E-state index contributed by atoms with van der Waals surface area (Å²) in [5, 5.41) is 15.8. The molecule has 1 aliphatic heterocycles. The van der Waals surface area contributed by atoms with Gasteiger partial charge in [-0.2, -0.15) is 10.2 Å². The molecule has 1 aliphatic rings. The first-order valence-electron chi connectivity index (χ1n) is 8.72. The van der Waals surface area contributed by atoms with Crippen molar-refractivity contribution < 1.29 is 4.74 Å². The zero-order valence-corrected chi connectivity index (χ0v) is 16.6. The van der Waals surface area contributed by atoms with Crippen LogP contribution >= 0.6 is 23.2 Å². The normalized spacial score (nSPS) is 13.2. The van der Waals surface area contributed by atoms with E-state index < -0.39 is 0 Å². The van der Waals surface area contributed by atoms with Gasteiger partial charge in [0.25, 0.3) is 5.56 Å². The molecule has 0 aliphatic carbocycles. The number of fused-ring (bicyclic) bond motifs is 1. The minimum Gasteiger partial charge on any atom is -0.371 e. The van der Waals surface area contributed by atoms with Crippen LogP contribution in [0.2, 0.25) is 10.0 Å². The van der Waals surface area contributed by atoms with Crippen LogP contribution in [0.25, 0.3) is 11.0 Å². The first-order chi connectivity index (χ1) is 14.1. The van der Waals surface area contributed by atoms with Gasteiger partial charge < -0.3 is 10.1 Å². The Kier molecular flexibility index (Phi) is 5.84. The monoisotopic (exact) mass is 434 g/mol. The molecule has 0 radical (unpaired) electrons. The minimum atomic E-state index is -0.293. The summed E-state index contributed by atoms with van der Waals surface area (Å²) in [5.74, 6) is 0.904. The average molecular weight is 435 g/mol. The van der Waals surface area contributed by atoms with E-state index in [1.54, 1.807) is 23.0 Å². The Morgan fingerprint density at radius 2 is 2.17 bits per heavy atom. The highest BCUT2D eigenvalue weighted by atomic mass is 35.5. The van der Waals surface area contributed by atoms with Crippen LogP contribution in [-0.4, -0.2) is 45.5 Å². The molecule has 150 valence electrons. The largest absolute Gasteiger partial charge is 0.371 e. The molecule has 2 aromatic heterocycles. The quantitative estimate of drug-likeness (QED) is 0.527. The molecule has 2 N–H and O–H groups in total. The molecule has 0 atom stereocenters. The Morgan fingerprint density at radius 3 is 2.97 bits per heavy atom. The number of halogens is 2. The van der Waals surface area contributed by atoms with Crippen molar-refractivity contribution in [3.8, 4) is 0 Å². The lowest BCUT2D eigenvalue weighted by Gasteiger charge is -2.07. The molecular formula is C17H16Cl2N8O2. The smallest absolute Gasteiger partial charge is 0.278 e. The van der Waals surface area contributed by atoms with E-state index in [1.807, 2.05) is 6.07 Å². The summed E-state index contributed by atoms with van der Waals surface area (Å²) in [4.78, 5) is 23.7. The van der Waals surface area contributed by atoms with Crippen LogP contribution in [0.4, 0.5) is 5.95 Å². The second-order valence-corrected chi connectivity index (χ2v) is 6.94. The summed E-state index contributed by atoms with van der Waals surface area (Å²) in [6.45, 7) is 1.80. The number of hydrogen-bond donors (Lipinski definition) is 2. The molecule has 3 aromatic rings. The van der Waals surface area contributed by atoms with Gasteiger partial charge in [-0.3, -0.25) is 14.5 Å². The van der Waals surface area contributed by atoms with Crippen LogP contribution in [-0.2, 0) is 17.8 Å². The summed E-state index contributed by atoms with van der Waals surface area (Å²) in [6.07, 6.45) is 1.55. The predicted octanol–water partition coefficient (Wildman–Crippen LogP) is 2.88. The Balaban J connectivity index is 1.40. The fourth-order valence-corrected chi connectivity index (χ4v) is 3.06. The van der Waals surface area contributed by atoms with E-state index in [9.17, 15) is 4.79 Å². The Morgan fingerprint density at radius 1 is 1.28 bits per heavy atom. The molecule has 10 nitrogen and oxygen atoms in total. The van der Waals surface area contributed by atoms with Gasteiger partial charge in [-0.25, -0.2) is 9.98 Å². The van der Waals surface area contributed by atoms with E-state index in [4.69, 9.17) is 27.9 Å². The fourth-order valence-electron chi connectivity index (χ4n) is 2.74. The molecule has 4 rings (SSSR count). The molecule has 0 unspecified atom stereocenters. The first-order valence-corrected chi connectivity index (χ1v) is 9.48. The van der Waals surface area contributed by atoms with Gasteiger partial charge in [-0.05, 0) is 17.7 Å². The molecule has 0 bridgehead atoms. The summed E-state index contributed by atoms with van der Waals surface area (Å²) in [5.41, 5.74) is 1.48. The summed E-state index contributed by atoms with van der Waals surface area (Å²) >= 11 is 11.9. The van der Waals surface area contributed by atoms with E-state index in [-0.39, 0.29) is 12.2 Å². The number of ether oxygens (including phenoxy) is 1. The molecule has 0 saturated heterocycles. The highest BCUT2D eigenvalue weighted by Gasteiger charge is 2.11. The lowest BCUT2D eigenvalue weighted by Crippen LogP contribution is -2.18. The van der Waals surface area contributed by atoms with Crippen molar-refractivity contribution in [2.75, 3.05) is 25.2 Å². The van der Waals surface area contributed by atoms with Crippen LogP contribution in [0, 0.1) is 0 Å². The third-order valence-electron chi connectivity index (χ3n) is 4.12. The maximum Gasteiger partial charge on any atom is 0.278 e. The summed E-state index contributed by atoms with van der Waals surface area (Å²) in [6, 6.07) is 5.31. The number of amidine groups is 1. The summed E-state index contributed by atoms with van der Waals surface area (Å²) < 4.78 is 7.06. The average Bonchev–Trinajstić information content (AvgIpc) is 3.36. The van der Waals surface area contributed by atoms with Crippen molar-refractivity contribution in [1.29, 1.82) is 0 Å².